The maximum absolute atomic E-state index is 12.2. The molecule has 7 nitrogen and oxygen atoms in total. The summed E-state index contributed by atoms with van der Waals surface area (Å²) in [6.07, 6.45) is 1.38. The molecule has 112 valence electrons. The topological polar surface area (TPSA) is 101 Å². The average molecular weight is 330 g/mol. The Morgan fingerprint density at radius 3 is 2.57 bits per heavy atom. The number of carboxylic acid groups (broad SMARTS) is 1. The van der Waals surface area contributed by atoms with E-state index in [4.69, 9.17) is 16.7 Å². The molecule has 0 bridgehead atoms. The summed E-state index contributed by atoms with van der Waals surface area (Å²) in [5, 5.41) is 8.68. The Balaban J connectivity index is 2.33. The third-order valence-electron chi connectivity index (χ3n) is 2.81. The lowest BCUT2D eigenvalue weighted by Crippen LogP contribution is -2.13. The molecule has 0 aliphatic rings. The molecule has 0 saturated heterocycles. The molecule has 0 saturated carbocycles. The summed E-state index contributed by atoms with van der Waals surface area (Å²) in [5.41, 5.74) is 0.0570. The largest absolute Gasteiger partial charge is 0.478 e. The molecule has 0 fully saturated rings. The number of benzene rings is 1. The van der Waals surface area contributed by atoms with Gasteiger partial charge < -0.3 is 9.67 Å². The van der Waals surface area contributed by atoms with E-state index in [1.165, 1.54) is 24.4 Å². The Kier molecular flexibility index (Phi) is 3.93. The first-order valence-corrected chi connectivity index (χ1v) is 7.62. The predicted octanol–water partition coefficient (Wildman–Crippen LogP) is 1.88. The molecular weight excluding hydrogens is 318 g/mol. The maximum atomic E-state index is 12.2. The second-order valence-corrected chi connectivity index (χ2v) is 6.38. The van der Waals surface area contributed by atoms with Crippen LogP contribution in [0.2, 0.25) is 5.02 Å². The summed E-state index contributed by atoms with van der Waals surface area (Å²) < 4.78 is 28.2. The number of carbonyl (C=O) groups is 1. The number of rotatable bonds is 4. The summed E-state index contributed by atoms with van der Waals surface area (Å²) >= 11 is 5.79. The van der Waals surface area contributed by atoms with Crippen molar-refractivity contribution < 1.29 is 18.3 Å². The highest BCUT2D eigenvalue weighted by Crippen LogP contribution is 2.23. The number of aryl methyl sites for hydroxylation is 2. The highest BCUT2D eigenvalue weighted by atomic mass is 35.5. The van der Waals surface area contributed by atoms with Crippen molar-refractivity contribution in [1.29, 1.82) is 0 Å². The van der Waals surface area contributed by atoms with Crippen molar-refractivity contribution in [2.24, 2.45) is 7.05 Å². The van der Waals surface area contributed by atoms with Gasteiger partial charge in [-0.2, -0.15) is 8.42 Å². The first-order valence-electron chi connectivity index (χ1n) is 5.76. The minimum absolute atomic E-state index is 0.0556. The molecule has 1 heterocycles. The Morgan fingerprint density at radius 2 is 2.10 bits per heavy atom. The number of hydrogen-bond acceptors (Lipinski definition) is 4. The van der Waals surface area contributed by atoms with Gasteiger partial charge in [-0.1, -0.05) is 11.6 Å². The van der Waals surface area contributed by atoms with Crippen LogP contribution in [0.25, 0.3) is 0 Å². The van der Waals surface area contributed by atoms with Crippen LogP contribution in [0, 0.1) is 6.92 Å². The lowest BCUT2D eigenvalue weighted by Gasteiger charge is -2.07. The van der Waals surface area contributed by atoms with Gasteiger partial charge in [-0.25, -0.2) is 9.78 Å². The molecule has 1 aromatic carbocycles. The van der Waals surface area contributed by atoms with E-state index in [-0.39, 0.29) is 21.3 Å². The summed E-state index contributed by atoms with van der Waals surface area (Å²) in [4.78, 5) is 14.8. The Labute approximate surface area is 126 Å². The van der Waals surface area contributed by atoms with Gasteiger partial charge in [0.05, 0.1) is 16.3 Å². The Hall–Kier alpha value is -2.06. The highest BCUT2D eigenvalue weighted by Gasteiger charge is 2.19. The summed E-state index contributed by atoms with van der Waals surface area (Å²) in [6, 6.07) is 3.78. The Morgan fingerprint density at radius 1 is 1.43 bits per heavy atom. The molecule has 0 aliphatic heterocycles. The molecule has 0 unspecified atom stereocenters. The van der Waals surface area contributed by atoms with E-state index in [0.29, 0.717) is 5.82 Å². The summed E-state index contributed by atoms with van der Waals surface area (Å²) in [6.45, 7) is 1.68. The highest BCUT2D eigenvalue weighted by molar-refractivity contribution is 7.92. The normalized spacial score (nSPS) is 11.4. The van der Waals surface area contributed by atoms with Crippen LogP contribution in [-0.4, -0.2) is 29.0 Å². The zero-order valence-electron chi connectivity index (χ0n) is 11.2. The third-order valence-corrected chi connectivity index (χ3v) is 4.38. The van der Waals surface area contributed by atoms with Crippen LogP contribution in [-0.2, 0) is 17.1 Å². The fraction of sp³-hybridized carbons (Fsp3) is 0.167. The molecule has 1 aromatic heterocycles. The molecule has 0 amide bonds. The summed E-state index contributed by atoms with van der Waals surface area (Å²) in [5.74, 6) is -0.635. The standard InChI is InChI=1S/C12H12ClN3O4S/c1-7-14-11(6-16(7)2)21(19,20)15-8-3-4-9(12(17)18)10(13)5-8/h3-6,15H,1-2H3,(H,17,18). The molecule has 2 rings (SSSR count). The van der Waals surface area contributed by atoms with Gasteiger partial charge in [0.25, 0.3) is 10.0 Å². The monoisotopic (exact) mass is 329 g/mol. The number of aromatic carboxylic acids is 1. The first kappa shape index (κ1) is 15.3. The smallest absolute Gasteiger partial charge is 0.337 e. The zero-order chi connectivity index (χ0) is 15.8. The van der Waals surface area contributed by atoms with Crippen LogP contribution in [0.5, 0.6) is 0 Å². The lowest BCUT2D eigenvalue weighted by atomic mass is 10.2. The molecule has 9 heteroatoms. The van der Waals surface area contributed by atoms with Gasteiger partial charge in [-0.15, -0.1) is 0 Å². The van der Waals surface area contributed by atoms with Crippen LogP contribution in [0.3, 0.4) is 0 Å². The van der Waals surface area contributed by atoms with E-state index in [1.807, 2.05) is 0 Å². The van der Waals surface area contributed by atoms with Gasteiger partial charge in [0, 0.05) is 13.2 Å². The number of aromatic nitrogens is 2. The molecular formula is C12H12ClN3O4S. The van der Waals surface area contributed by atoms with Crippen molar-refractivity contribution >= 4 is 33.3 Å². The summed E-state index contributed by atoms with van der Waals surface area (Å²) in [7, 11) is -2.17. The van der Waals surface area contributed by atoms with Gasteiger partial charge in [0.2, 0.25) is 0 Å². The number of imidazole rings is 1. The van der Waals surface area contributed by atoms with Crippen LogP contribution < -0.4 is 4.72 Å². The van der Waals surface area contributed by atoms with Crippen molar-refractivity contribution in [1.82, 2.24) is 9.55 Å². The van der Waals surface area contributed by atoms with Gasteiger partial charge in [0.15, 0.2) is 5.03 Å². The minimum Gasteiger partial charge on any atom is -0.478 e. The van der Waals surface area contributed by atoms with E-state index >= 15 is 0 Å². The number of anilines is 1. The fourth-order valence-electron chi connectivity index (χ4n) is 1.62. The van der Waals surface area contributed by atoms with E-state index in [9.17, 15) is 13.2 Å². The number of nitrogens with zero attached hydrogens (tertiary/aromatic N) is 2. The van der Waals surface area contributed by atoms with Crippen molar-refractivity contribution in [2.45, 2.75) is 11.9 Å². The first-order chi connectivity index (χ1) is 9.70. The van der Waals surface area contributed by atoms with Crippen molar-refractivity contribution in [2.75, 3.05) is 4.72 Å². The van der Waals surface area contributed by atoms with E-state index in [1.54, 1.807) is 18.5 Å². The van der Waals surface area contributed by atoms with Crippen LogP contribution in [0.15, 0.2) is 29.4 Å². The fourth-order valence-corrected chi connectivity index (χ4v) is 2.97. The molecule has 2 aromatic rings. The second-order valence-electron chi connectivity index (χ2n) is 4.34. The molecule has 2 N–H and O–H groups in total. The lowest BCUT2D eigenvalue weighted by molar-refractivity contribution is 0.0697. The number of hydrogen-bond donors (Lipinski definition) is 2. The van der Waals surface area contributed by atoms with E-state index in [0.717, 1.165) is 0 Å². The number of sulfonamides is 1. The van der Waals surface area contributed by atoms with Crippen molar-refractivity contribution in [3.05, 3.63) is 40.8 Å². The van der Waals surface area contributed by atoms with Gasteiger partial charge in [0.1, 0.15) is 5.82 Å². The maximum Gasteiger partial charge on any atom is 0.337 e. The number of nitrogens with one attached hydrogen (secondary N) is 1. The quantitative estimate of drug-likeness (QED) is 0.891. The molecule has 0 spiro atoms. The third kappa shape index (κ3) is 3.17. The molecule has 0 radical (unpaired) electrons. The van der Waals surface area contributed by atoms with Gasteiger partial charge in [-0.3, -0.25) is 4.72 Å². The number of halogens is 1. The average Bonchev–Trinajstić information content (AvgIpc) is 2.69. The Bertz CT molecular complexity index is 794. The van der Waals surface area contributed by atoms with E-state index in [2.05, 4.69) is 9.71 Å². The van der Waals surface area contributed by atoms with Crippen LogP contribution in [0.4, 0.5) is 5.69 Å². The number of carboxylic acids is 1. The molecule has 21 heavy (non-hydrogen) atoms. The minimum atomic E-state index is -3.85. The van der Waals surface area contributed by atoms with E-state index < -0.39 is 16.0 Å². The SMILES string of the molecule is Cc1nc(S(=O)(=O)Nc2ccc(C(=O)O)c(Cl)c2)cn1C. The zero-order valence-corrected chi connectivity index (χ0v) is 12.7. The van der Waals surface area contributed by atoms with Crippen molar-refractivity contribution in [3.8, 4) is 0 Å². The van der Waals surface area contributed by atoms with Gasteiger partial charge in [-0.05, 0) is 25.1 Å². The van der Waals surface area contributed by atoms with Crippen LogP contribution >= 0.6 is 11.6 Å². The second kappa shape index (κ2) is 5.38. The predicted molar refractivity (Wildman–Crippen MR) is 77.2 cm³/mol. The molecule has 0 aliphatic carbocycles. The molecule has 0 atom stereocenters. The van der Waals surface area contributed by atoms with Crippen LogP contribution in [0.1, 0.15) is 16.2 Å². The van der Waals surface area contributed by atoms with Gasteiger partial charge >= 0.3 is 5.97 Å². The van der Waals surface area contributed by atoms with Crippen molar-refractivity contribution in [3.63, 3.8) is 0 Å².